The van der Waals surface area contributed by atoms with E-state index < -0.39 is 15.9 Å². The van der Waals surface area contributed by atoms with Crippen LogP contribution in [0.15, 0.2) is 5.38 Å². The lowest BCUT2D eigenvalue weighted by Gasteiger charge is -2.56. The fourth-order valence-electron chi connectivity index (χ4n) is 6.60. The third-order valence-electron chi connectivity index (χ3n) is 7.31. The molecule has 5 nitrogen and oxygen atoms in total. The SMILES string of the molecule is CN(Cc1csc(C23CC4CC(CC(C4)C2)C3)n1)[C@@H]1CS(=O)(=O)C[C@H]1O. The predicted molar refractivity (Wildman–Crippen MR) is 102 cm³/mol. The van der Waals surface area contributed by atoms with Crippen molar-refractivity contribution in [3.8, 4) is 0 Å². The number of hydrogen-bond acceptors (Lipinski definition) is 6. The smallest absolute Gasteiger partial charge is 0.154 e. The van der Waals surface area contributed by atoms with Gasteiger partial charge in [-0.2, -0.15) is 0 Å². The summed E-state index contributed by atoms with van der Waals surface area (Å²) >= 11 is 1.80. The van der Waals surface area contributed by atoms with Crippen molar-refractivity contribution < 1.29 is 13.5 Å². The van der Waals surface area contributed by atoms with E-state index in [-0.39, 0.29) is 17.5 Å². The van der Waals surface area contributed by atoms with Crippen molar-refractivity contribution in [1.29, 1.82) is 0 Å². The molecule has 1 aromatic heterocycles. The minimum absolute atomic E-state index is 0.0522. The average molecular weight is 397 g/mol. The molecular weight excluding hydrogens is 368 g/mol. The topological polar surface area (TPSA) is 70.5 Å². The molecule has 7 heteroatoms. The Bertz CT molecular complexity index is 768. The number of nitrogens with zero attached hydrogens (tertiary/aromatic N) is 2. The number of aliphatic hydroxyl groups excluding tert-OH is 1. The third kappa shape index (κ3) is 2.95. The fourth-order valence-corrected chi connectivity index (χ4v) is 9.52. The molecule has 1 saturated heterocycles. The minimum Gasteiger partial charge on any atom is -0.390 e. The summed E-state index contributed by atoms with van der Waals surface area (Å²) in [5.74, 6) is 2.68. The Morgan fingerprint density at radius 2 is 1.81 bits per heavy atom. The van der Waals surface area contributed by atoms with Crippen LogP contribution in [0.4, 0.5) is 0 Å². The van der Waals surface area contributed by atoms with Gasteiger partial charge in [0.05, 0.1) is 34.4 Å². The molecule has 5 aliphatic rings. The molecule has 144 valence electrons. The molecule has 4 saturated carbocycles. The lowest BCUT2D eigenvalue weighted by atomic mass is 9.50. The normalized spacial score (nSPS) is 43.4. The summed E-state index contributed by atoms with van der Waals surface area (Å²) in [7, 11) is -1.22. The van der Waals surface area contributed by atoms with Crippen LogP contribution in [0.3, 0.4) is 0 Å². The largest absolute Gasteiger partial charge is 0.390 e. The highest BCUT2D eigenvalue weighted by atomic mass is 32.2. The van der Waals surface area contributed by atoms with E-state index in [2.05, 4.69) is 5.38 Å². The van der Waals surface area contributed by atoms with E-state index in [4.69, 9.17) is 4.98 Å². The molecule has 0 unspecified atom stereocenters. The second-order valence-electron chi connectivity index (χ2n) is 9.47. The van der Waals surface area contributed by atoms with Crippen LogP contribution in [0, 0.1) is 17.8 Å². The Labute approximate surface area is 159 Å². The summed E-state index contributed by atoms with van der Waals surface area (Å²) in [6.45, 7) is 0.611. The van der Waals surface area contributed by atoms with Crippen molar-refractivity contribution in [3.63, 3.8) is 0 Å². The molecule has 4 bridgehead atoms. The second kappa shape index (κ2) is 6.00. The standard InChI is InChI=1S/C19H28N2O3S2/c1-21(16-10-26(23,24)11-17(16)22)8-15-9-25-18(20-15)19-5-12-2-13(6-19)4-14(3-12)7-19/h9,12-14,16-17,22H,2-8,10-11H2,1H3/t12?,13?,14?,16-,17-,19?/m1/s1. The van der Waals surface area contributed by atoms with Gasteiger partial charge in [-0.3, -0.25) is 4.90 Å². The number of rotatable bonds is 4. The third-order valence-corrected chi connectivity index (χ3v) is 10.2. The van der Waals surface area contributed by atoms with Gasteiger partial charge in [-0.05, 0) is 63.3 Å². The summed E-state index contributed by atoms with van der Waals surface area (Å²) in [6, 6.07) is -0.315. The van der Waals surface area contributed by atoms with Gasteiger partial charge in [0.25, 0.3) is 0 Å². The van der Waals surface area contributed by atoms with Gasteiger partial charge in [-0.25, -0.2) is 13.4 Å². The van der Waals surface area contributed by atoms with Crippen molar-refractivity contribution in [2.45, 2.75) is 62.6 Å². The van der Waals surface area contributed by atoms with E-state index in [0.717, 1.165) is 23.4 Å². The van der Waals surface area contributed by atoms with Crippen LogP contribution in [0.2, 0.25) is 0 Å². The molecule has 6 rings (SSSR count). The van der Waals surface area contributed by atoms with Gasteiger partial charge in [-0.1, -0.05) is 0 Å². The molecule has 1 aliphatic heterocycles. The summed E-state index contributed by atoms with van der Waals surface area (Å²) in [6.07, 6.45) is 7.49. The Balaban J connectivity index is 1.32. The summed E-state index contributed by atoms with van der Waals surface area (Å²) in [5, 5.41) is 13.6. The van der Waals surface area contributed by atoms with Crippen LogP contribution in [0.5, 0.6) is 0 Å². The van der Waals surface area contributed by atoms with Crippen LogP contribution in [-0.4, -0.2) is 54.1 Å². The monoisotopic (exact) mass is 396 g/mol. The van der Waals surface area contributed by atoms with E-state index >= 15 is 0 Å². The predicted octanol–water partition coefficient (Wildman–Crippen LogP) is 2.20. The first-order chi connectivity index (χ1) is 12.3. The van der Waals surface area contributed by atoms with E-state index in [1.54, 1.807) is 11.3 Å². The number of sulfone groups is 1. The highest BCUT2D eigenvalue weighted by molar-refractivity contribution is 7.91. The Kier molecular flexibility index (Phi) is 4.06. The number of likely N-dealkylation sites (N-methyl/N-ethyl adjacent to an activating group) is 1. The molecule has 0 amide bonds. The average Bonchev–Trinajstić information content (AvgIpc) is 3.10. The Hall–Kier alpha value is -0.500. The molecule has 0 aromatic carbocycles. The lowest BCUT2D eigenvalue weighted by Crippen LogP contribution is -2.48. The Morgan fingerprint density at radius 1 is 1.19 bits per heavy atom. The first-order valence-electron chi connectivity index (χ1n) is 9.85. The van der Waals surface area contributed by atoms with Gasteiger partial charge >= 0.3 is 0 Å². The van der Waals surface area contributed by atoms with Gasteiger partial charge in [0, 0.05) is 17.3 Å². The van der Waals surface area contributed by atoms with Crippen molar-refractivity contribution in [3.05, 3.63) is 16.1 Å². The quantitative estimate of drug-likeness (QED) is 0.845. The first kappa shape index (κ1) is 17.6. The molecule has 0 spiro atoms. The molecule has 4 aliphatic carbocycles. The number of aromatic nitrogens is 1. The van der Waals surface area contributed by atoms with Gasteiger partial charge in [0.1, 0.15) is 0 Å². The zero-order valence-electron chi connectivity index (χ0n) is 15.3. The summed E-state index contributed by atoms with van der Waals surface area (Å²) in [4.78, 5) is 6.98. The maximum absolute atomic E-state index is 11.8. The second-order valence-corrected chi connectivity index (χ2v) is 12.5. The van der Waals surface area contributed by atoms with Gasteiger partial charge in [-0.15, -0.1) is 11.3 Å². The van der Waals surface area contributed by atoms with E-state index in [1.807, 2.05) is 11.9 Å². The van der Waals surface area contributed by atoms with Crippen LogP contribution in [-0.2, 0) is 21.8 Å². The van der Waals surface area contributed by atoms with Gasteiger partial charge in [0.15, 0.2) is 9.84 Å². The molecule has 1 N–H and O–H groups in total. The van der Waals surface area contributed by atoms with E-state index in [9.17, 15) is 13.5 Å². The molecule has 1 aromatic rings. The van der Waals surface area contributed by atoms with Crippen LogP contribution < -0.4 is 0 Å². The minimum atomic E-state index is -3.12. The van der Waals surface area contributed by atoms with Gasteiger partial charge < -0.3 is 5.11 Å². The van der Waals surface area contributed by atoms with Gasteiger partial charge in [0.2, 0.25) is 0 Å². The van der Waals surface area contributed by atoms with Crippen LogP contribution >= 0.6 is 11.3 Å². The highest BCUT2D eigenvalue weighted by Gasteiger charge is 2.53. The first-order valence-corrected chi connectivity index (χ1v) is 12.6. The lowest BCUT2D eigenvalue weighted by molar-refractivity contribution is -0.00540. The fraction of sp³-hybridized carbons (Fsp3) is 0.842. The molecular formula is C19H28N2O3S2. The molecule has 0 radical (unpaired) electrons. The number of thiazole rings is 1. The van der Waals surface area contributed by atoms with Crippen molar-refractivity contribution >= 4 is 21.2 Å². The van der Waals surface area contributed by atoms with Crippen molar-refractivity contribution in [2.24, 2.45) is 17.8 Å². The molecule has 2 atom stereocenters. The number of aliphatic hydroxyl groups is 1. The molecule has 5 fully saturated rings. The molecule has 26 heavy (non-hydrogen) atoms. The Morgan fingerprint density at radius 3 is 2.35 bits per heavy atom. The maximum Gasteiger partial charge on any atom is 0.154 e. The van der Waals surface area contributed by atoms with Crippen LogP contribution in [0.25, 0.3) is 0 Å². The van der Waals surface area contributed by atoms with E-state index in [1.165, 1.54) is 43.5 Å². The number of hydrogen-bond donors (Lipinski definition) is 1. The zero-order chi connectivity index (χ0) is 18.1. The van der Waals surface area contributed by atoms with Crippen molar-refractivity contribution in [2.75, 3.05) is 18.6 Å². The zero-order valence-corrected chi connectivity index (χ0v) is 16.9. The van der Waals surface area contributed by atoms with Crippen LogP contribution in [0.1, 0.15) is 49.2 Å². The highest BCUT2D eigenvalue weighted by Crippen LogP contribution is 2.61. The summed E-state index contributed by atoms with van der Waals surface area (Å²) < 4.78 is 23.5. The maximum atomic E-state index is 11.8. The van der Waals surface area contributed by atoms with Crippen molar-refractivity contribution in [1.82, 2.24) is 9.88 Å². The van der Waals surface area contributed by atoms with E-state index in [0.29, 0.717) is 12.0 Å². The summed E-state index contributed by atoms with van der Waals surface area (Å²) in [5.41, 5.74) is 1.35. The molecule has 2 heterocycles.